The van der Waals surface area contributed by atoms with E-state index in [-0.39, 0.29) is 11.1 Å². The van der Waals surface area contributed by atoms with Gasteiger partial charge in [0.2, 0.25) is 0 Å². The highest BCUT2D eigenvalue weighted by atomic mass is 79.9. The fourth-order valence-electron chi connectivity index (χ4n) is 1.03. The molecular formula is C10H16BrF2NO2. The summed E-state index contributed by atoms with van der Waals surface area (Å²) in [5, 5.41) is 2.30. The van der Waals surface area contributed by atoms with Crippen molar-refractivity contribution in [2.75, 3.05) is 5.33 Å². The SMILES string of the molecule is CC(C)(NC(=O)C(F)F)C(C)(C)C(=O)CBr. The highest BCUT2D eigenvalue weighted by Gasteiger charge is 2.44. The molecule has 0 unspecified atom stereocenters. The summed E-state index contributed by atoms with van der Waals surface area (Å²) in [5.74, 6) is -1.52. The second-order valence-electron chi connectivity index (χ2n) is 4.60. The van der Waals surface area contributed by atoms with Crippen molar-refractivity contribution in [3.8, 4) is 0 Å². The van der Waals surface area contributed by atoms with Gasteiger partial charge in [0, 0.05) is 11.0 Å². The molecular weight excluding hydrogens is 284 g/mol. The molecule has 0 aromatic heterocycles. The van der Waals surface area contributed by atoms with Gasteiger partial charge in [0.1, 0.15) is 0 Å². The number of rotatable bonds is 5. The zero-order chi connectivity index (χ0) is 13.1. The maximum Gasteiger partial charge on any atom is 0.315 e. The molecule has 0 saturated heterocycles. The van der Waals surface area contributed by atoms with Crippen molar-refractivity contribution in [1.29, 1.82) is 0 Å². The first kappa shape index (κ1) is 15.5. The summed E-state index contributed by atoms with van der Waals surface area (Å²) in [4.78, 5) is 22.6. The minimum absolute atomic E-state index is 0.119. The highest BCUT2D eigenvalue weighted by molar-refractivity contribution is 9.09. The Morgan fingerprint density at radius 1 is 1.25 bits per heavy atom. The smallest absolute Gasteiger partial charge is 0.315 e. The zero-order valence-corrected chi connectivity index (χ0v) is 11.3. The van der Waals surface area contributed by atoms with Gasteiger partial charge in [-0.3, -0.25) is 9.59 Å². The molecule has 0 bridgehead atoms. The first-order valence-electron chi connectivity index (χ1n) is 4.75. The summed E-state index contributed by atoms with van der Waals surface area (Å²) in [6.07, 6.45) is -3.07. The molecule has 16 heavy (non-hydrogen) atoms. The summed E-state index contributed by atoms with van der Waals surface area (Å²) in [5.41, 5.74) is -1.97. The molecule has 1 N–H and O–H groups in total. The summed E-state index contributed by atoms with van der Waals surface area (Å²) < 4.78 is 24.2. The number of carbonyl (C=O) groups excluding carboxylic acids is 2. The van der Waals surface area contributed by atoms with Gasteiger partial charge < -0.3 is 5.32 Å². The Labute approximate surface area is 102 Å². The highest BCUT2D eigenvalue weighted by Crippen LogP contribution is 2.32. The van der Waals surface area contributed by atoms with Crippen molar-refractivity contribution in [2.24, 2.45) is 5.41 Å². The van der Waals surface area contributed by atoms with Crippen LogP contribution in [0.2, 0.25) is 0 Å². The Hall–Kier alpha value is -0.520. The predicted octanol–water partition coefficient (Wildman–Crippen LogP) is 2.14. The molecule has 0 aromatic carbocycles. The predicted molar refractivity (Wildman–Crippen MR) is 60.8 cm³/mol. The zero-order valence-electron chi connectivity index (χ0n) is 9.73. The van der Waals surface area contributed by atoms with E-state index in [4.69, 9.17) is 0 Å². The molecule has 0 heterocycles. The van der Waals surface area contributed by atoms with Crippen molar-refractivity contribution < 1.29 is 18.4 Å². The van der Waals surface area contributed by atoms with Crippen molar-refractivity contribution >= 4 is 27.6 Å². The Kier molecular flexibility index (Phi) is 5.04. The lowest BCUT2D eigenvalue weighted by molar-refractivity contribution is -0.137. The third-order valence-electron chi connectivity index (χ3n) is 3.01. The van der Waals surface area contributed by atoms with Gasteiger partial charge in [-0.05, 0) is 13.8 Å². The van der Waals surface area contributed by atoms with E-state index in [9.17, 15) is 18.4 Å². The van der Waals surface area contributed by atoms with Crippen LogP contribution in [-0.2, 0) is 9.59 Å². The molecule has 0 aliphatic rings. The fraction of sp³-hybridized carbons (Fsp3) is 0.800. The molecule has 0 aromatic rings. The van der Waals surface area contributed by atoms with Crippen molar-refractivity contribution in [3.05, 3.63) is 0 Å². The Morgan fingerprint density at radius 2 is 1.69 bits per heavy atom. The molecule has 0 radical (unpaired) electrons. The van der Waals surface area contributed by atoms with Gasteiger partial charge in [-0.25, -0.2) is 0 Å². The normalized spacial score (nSPS) is 12.8. The third kappa shape index (κ3) is 3.23. The number of amides is 1. The number of Topliss-reactive ketones (excluding diaryl/α,β-unsaturated/α-hetero) is 1. The lowest BCUT2D eigenvalue weighted by Crippen LogP contribution is -2.58. The number of ketones is 1. The van der Waals surface area contributed by atoms with Crippen LogP contribution in [-0.4, -0.2) is 29.0 Å². The molecule has 0 atom stereocenters. The van der Waals surface area contributed by atoms with Gasteiger partial charge in [-0.2, -0.15) is 8.78 Å². The van der Waals surface area contributed by atoms with Crippen LogP contribution in [0, 0.1) is 5.41 Å². The van der Waals surface area contributed by atoms with Gasteiger partial charge in [0.25, 0.3) is 5.91 Å². The largest absolute Gasteiger partial charge is 0.345 e. The number of alkyl halides is 3. The summed E-state index contributed by atoms with van der Waals surface area (Å²) in [7, 11) is 0. The van der Waals surface area contributed by atoms with Crippen LogP contribution in [0.1, 0.15) is 27.7 Å². The number of halogens is 3. The van der Waals surface area contributed by atoms with E-state index in [1.54, 1.807) is 27.7 Å². The van der Waals surface area contributed by atoms with E-state index in [2.05, 4.69) is 21.2 Å². The van der Waals surface area contributed by atoms with Crippen molar-refractivity contribution in [1.82, 2.24) is 5.32 Å². The molecule has 1 amide bonds. The lowest BCUT2D eigenvalue weighted by atomic mass is 9.72. The maximum atomic E-state index is 12.1. The van der Waals surface area contributed by atoms with E-state index in [0.717, 1.165) is 0 Å². The van der Waals surface area contributed by atoms with Crippen LogP contribution in [0.5, 0.6) is 0 Å². The molecule has 0 rings (SSSR count). The second-order valence-corrected chi connectivity index (χ2v) is 5.16. The molecule has 3 nitrogen and oxygen atoms in total. The van der Waals surface area contributed by atoms with Crippen LogP contribution >= 0.6 is 15.9 Å². The number of carbonyl (C=O) groups is 2. The van der Waals surface area contributed by atoms with Crippen LogP contribution < -0.4 is 5.32 Å². The quantitative estimate of drug-likeness (QED) is 0.791. The Balaban J connectivity index is 4.90. The van der Waals surface area contributed by atoms with E-state index in [1.165, 1.54) is 0 Å². The van der Waals surface area contributed by atoms with Crippen LogP contribution in [0.3, 0.4) is 0 Å². The lowest BCUT2D eigenvalue weighted by Gasteiger charge is -2.40. The first-order valence-corrected chi connectivity index (χ1v) is 5.88. The van der Waals surface area contributed by atoms with E-state index in [1.807, 2.05) is 0 Å². The third-order valence-corrected chi connectivity index (χ3v) is 3.52. The molecule has 0 spiro atoms. The maximum absolute atomic E-state index is 12.1. The molecule has 0 saturated carbocycles. The Bertz CT molecular complexity index is 291. The Morgan fingerprint density at radius 3 is 2.00 bits per heavy atom. The number of nitrogens with one attached hydrogen (secondary N) is 1. The minimum atomic E-state index is -3.07. The molecule has 94 valence electrons. The molecule has 6 heteroatoms. The average molecular weight is 300 g/mol. The topological polar surface area (TPSA) is 46.2 Å². The van der Waals surface area contributed by atoms with Gasteiger partial charge in [-0.1, -0.05) is 29.8 Å². The number of hydrogen-bond acceptors (Lipinski definition) is 2. The van der Waals surface area contributed by atoms with Gasteiger partial charge >= 0.3 is 6.43 Å². The van der Waals surface area contributed by atoms with E-state index >= 15 is 0 Å². The minimum Gasteiger partial charge on any atom is -0.345 e. The average Bonchev–Trinajstić information content (AvgIpc) is 2.15. The van der Waals surface area contributed by atoms with Gasteiger partial charge in [0.15, 0.2) is 5.78 Å². The van der Waals surface area contributed by atoms with Crippen molar-refractivity contribution in [3.63, 3.8) is 0 Å². The van der Waals surface area contributed by atoms with E-state index < -0.39 is 23.3 Å². The monoisotopic (exact) mass is 299 g/mol. The van der Waals surface area contributed by atoms with Crippen LogP contribution in [0.25, 0.3) is 0 Å². The number of hydrogen-bond donors (Lipinski definition) is 1. The van der Waals surface area contributed by atoms with Gasteiger partial charge in [-0.15, -0.1) is 0 Å². The fourth-order valence-corrected chi connectivity index (χ4v) is 1.74. The van der Waals surface area contributed by atoms with E-state index in [0.29, 0.717) is 0 Å². The summed E-state index contributed by atoms with van der Waals surface area (Å²) in [6.45, 7) is 6.33. The molecule has 0 fully saturated rings. The van der Waals surface area contributed by atoms with Crippen LogP contribution in [0.15, 0.2) is 0 Å². The summed E-state index contributed by atoms with van der Waals surface area (Å²) in [6, 6.07) is 0. The molecule has 0 aliphatic carbocycles. The summed E-state index contributed by atoms with van der Waals surface area (Å²) >= 11 is 3.03. The standard InChI is InChI=1S/C10H16BrF2NO2/c1-9(2,6(15)5-11)10(3,4)14-8(16)7(12)13/h7H,5H2,1-4H3,(H,14,16). The van der Waals surface area contributed by atoms with Crippen LogP contribution in [0.4, 0.5) is 8.78 Å². The second kappa shape index (κ2) is 5.21. The first-order chi connectivity index (χ1) is 7.06. The van der Waals surface area contributed by atoms with Crippen molar-refractivity contribution in [2.45, 2.75) is 39.7 Å². The van der Waals surface area contributed by atoms with Gasteiger partial charge in [0.05, 0.1) is 5.33 Å². The molecule has 0 aliphatic heterocycles.